The van der Waals surface area contributed by atoms with Crippen molar-refractivity contribution >= 4 is 17.5 Å². The molecule has 0 saturated carbocycles. The van der Waals surface area contributed by atoms with Crippen molar-refractivity contribution < 1.29 is 9.53 Å². The maximum Gasteiger partial charge on any atom is 0.244 e. The van der Waals surface area contributed by atoms with Gasteiger partial charge in [-0.3, -0.25) is 4.79 Å². The Morgan fingerprint density at radius 1 is 1.50 bits per heavy atom. The normalized spacial score (nSPS) is 12.0. The lowest BCUT2D eigenvalue weighted by Crippen LogP contribution is -2.39. The molecule has 1 amide bonds. The van der Waals surface area contributed by atoms with Crippen molar-refractivity contribution in [1.29, 1.82) is 0 Å². The van der Waals surface area contributed by atoms with Crippen LogP contribution in [-0.2, 0) is 16.1 Å². The topological polar surface area (TPSA) is 93.4 Å². The average molecular weight is 281 g/mol. The molecule has 0 aliphatic carbocycles. The summed E-state index contributed by atoms with van der Waals surface area (Å²) in [6.45, 7) is 7.14. The zero-order valence-corrected chi connectivity index (χ0v) is 12.5. The summed E-state index contributed by atoms with van der Waals surface area (Å²) in [7, 11) is 1.76. The molecule has 1 aromatic heterocycles. The molecule has 0 aliphatic rings. The number of likely N-dealkylation sites (N-methyl/N-ethyl adjacent to an activating group) is 1. The molecule has 112 valence electrons. The Morgan fingerprint density at radius 2 is 2.20 bits per heavy atom. The minimum Gasteiger partial charge on any atom is -0.384 e. The molecule has 0 fully saturated rings. The van der Waals surface area contributed by atoms with Crippen LogP contribution in [0.25, 0.3) is 0 Å². The van der Waals surface area contributed by atoms with Gasteiger partial charge in [0.05, 0.1) is 0 Å². The van der Waals surface area contributed by atoms with E-state index in [4.69, 9.17) is 10.5 Å². The molecule has 0 aliphatic heterocycles. The second-order valence-electron chi connectivity index (χ2n) is 4.45. The molecule has 1 heterocycles. The van der Waals surface area contributed by atoms with Crippen molar-refractivity contribution in [3.05, 3.63) is 11.9 Å². The molecule has 0 saturated heterocycles. The number of nitrogen functional groups attached to an aromatic ring is 1. The van der Waals surface area contributed by atoms with E-state index in [1.807, 2.05) is 13.8 Å². The van der Waals surface area contributed by atoms with Gasteiger partial charge in [0.15, 0.2) is 5.82 Å². The Balaban J connectivity index is 2.76. The number of ether oxygens (including phenoxy) is 1. The van der Waals surface area contributed by atoms with Crippen molar-refractivity contribution in [1.82, 2.24) is 14.9 Å². The van der Waals surface area contributed by atoms with Crippen LogP contribution in [0.4, 0.5) is 11.6 Å². The van der Waals surface area contributed by atoms with Gasteiger partial charge in [-0.05, 0) is 20.8 Å². The van der Waals surface area contributed by atoms with Crippen molar-refractivity contribution in [2.45, 2.75) is 33.4 Å². The van der Waals surface area contributed by atoms with Gasteiger partial charge in [0.1, 0.15) is 24.3 Å². The Morgan fingerprint density at radius 3 is 2.80 bits per heavy atom. The summed E-state index contributed by atoms with van der Waals surface area (Å²) in [6.07, 6.45) is 0. The third-order valence-electron chi connectivity index (χ3n) is 2.81. The van der Waals surface area contributed by atoms with Crippen molar-refractivity contribution in [2.24, 2.45) is 0 Å². The summed E-state index contributed by atoms with van der Waals surface area (Å²) < 4.78 is 5.25. The maximum absolute atomic E-state index is 12.0. The number of carbonyl (C=O) groups excluding carboxylic acids is 1. The molecule has 3 N–H and O–H groups in total. The Kier molecular flexibility index (Phi) is 6.17. The highest BCUT2D eigenvalue weighted by Crippen LogP contribution is 2.11. The average Bonchev–Trinajstić information content (AvgIpc) is 2.42. The van der Waals surface area contributed by atoms with E-state index in [2.05, 4.69) is 15.3 Å². The number of anilines is 2. The van der Waals surface area contributed by atoms with E-state index < -0.39 is 0 Å². The molecule has 0 bridgehead atoms. The molecule has 1 atom stereocenters. The molecule has 7 heteroatoms. The molecule has 0 spiro atoms. The number of hydrogen-bond donors (Lipinski definition) is 2. The van der Waals surface area contributed by atoms with Crippen LogP contribution in [-0.4, -0.2) is 47.0 Å². The third-order valence-corrected chi connectivity index (χ3v) is 2.81. The lowest BCUT2D eigenvalue weighted by atomic mass is 10.3. The predicted molar refractivity (Wildman–Crippen MR) is 78.2 cm³/mol. The van der Waals surface area contributed by atoms with Crippen molar-refractivity contribution in [2.75, 3.05) is 31.2 Å². The summed E-state index contributed by atoms with van der Waals surface area (Å²) >= 11 is 0. The van der Waals surface area contributed by atoms with Crippen LogP contribution in [0.5, 0.6) is 0 Å². The monoisotopic (exact) mass is 281 g/mol. The van der Waals surface area contributed by atoms with Gasteiger partial charge >= 0.3 is 0 Å². The lowest BCUT2D eigenvalue weighted by Gasteiger charge is -2.21. The lowest BCUT2D eigenvalue weighted by molar-refractivity contribution is -0.130. The number of carbonyl (C=O) groups is 1. The fraction of sp³-hybridized carbons (Fsp3) is 0.615. The first-order chi connectivity index (χ1) is 9.47. The van der Waals surface area contributed by atoms with Crippen LogP contribution in [0, 0.1) is 0 Å². The summed E-state index contributed by atoms with van der Waals surface area (Å²) in [5.74, 6) is 1.37. The van der Waals surface area contributed by atoms with Gasteiger partial charge in [0.2, 0.25) is 5.91 Å². The van der Waals surface area contributed by atoms with E-state index in [-0.39, 0.29) is 11.9 Å². The molecular formula is C13H23N5O2. The number of amides is 1. The minimum atomic E-state index is -0.380. The smallest absolute Gasteiger partial charge is 0.244 e. The molecule has 1 rings (SSSR count). The van der Waals surface area contributed by atoms with E-state index in [0.29, 0.717) is 37.2 Å². The van der Waals surface area contributed by atoms with Crippen LogP contribution >= 0.6 is 0 Å². The zero-order chi connectivity index (χ0) is 15.1. The number of nitrogens with zero attached hydrogens (tertiary/aromatic N) is 3. The molecule has 0 radical (unpaired) electrons. The van der Waals surface area contributed by atoms with Crippen molar-refractivity contribution in [3.8, 4) is 0 Å². The predicted octanol–water partition coefficient (Wildman–Crippen LogP) is 0.874. The maximum atomic E-state index is 12.0. The first-order valence-corrected chi connectivity index (χ1v) is 6.70. The van der Waals surface area contributed by atoms with Crippen LogP contribution in [0.3, 0.4) is 0 Å². The molecule has 20 heavy (non-hydrogen) atoms. The van der Waals surface area contributed by atoms with Crippen molar-refractivity contribution in [3.63, 3.8) is 0 Å². The van der Waals surface area contributed by atoms with E-state index in [1.54, 1.807) is 24.9 Å². The highest BCUT2D eigenvalue weighted by atomic mass is 16.5. The Labute approximate surface area is 119 Å². The largest absolute Gasteiger partial charge is 0.384 e. The van der Waals surface area contributed by atoms with Gasteiger partial charge in [-0.15, -0.1) is 0 Å². The van der Waals surface area contributed by atoms with Gasteiger partial charge in [0, 0.05) is 26.3 Å². The molecule has 1 unspecified atom stereocenters. The number of hydrogen-bond acceptors (Lipinski definition) is 6. The van der Waals surface area contributed by atoms with E-state index in [1.165, 1.54) is 0 Å². The first kappa shape index (κ1) is 16.2. The van der Waals surface area contributed by atoms with E-state index >= 15 is 0 Å². The quantitative estimate of drug-likeness (QED) is 0.770. The van der Waals surface area contributed by atoms with Gasteiger partial charge in [-0.1, -0.05) is 0 Å². The third kappa shape index (κ3) is 4.65. The first-order valence-electron chi connectivity index (χ1n) is 6.70. The minimum absolute atomic E-state index is 0.00366. The second-order valence-corrected chi connectivity index (χ2v) is 4.45. The number of aromatic nitrogens is 2. The van der Waals surface area contributed by atoms with Gasteiger partial charge < -0.3 is 20.7 Å². The highest BCUT2D eigenvalue weighted by molar-refractivity contribution is 5.83. The second kappa shape index (κ2) is 7.64. The summed E-state index contributed by atoms with van der Waals surface area (Å²) in [4.78, 5) is 22.0. The highest BCUT2D eigenvalue weighted by Gasteiger charge is 2.17. The summed E-state index contributed by atoms with van der Waals surface area (Å²) in [5.41, 5.74) is 5.73. The standard InChI is InChI=1S/C13H23N5O2/c1-5-18(4)13(19)9(3)15-11-7-10(14)16-12(17-11)8-20-6-2/h7,9H,5-6,8H2,1-4H3,(H3,14,15,16,17). The molecule has 0 aromatic carbocycles. The van der Waals surface area contributed by atoms with Crippen LogP contribution < -0.4 is 11.1 Å². The van der Waals surface area contributed by atoms with Crippen LogP contribution in [0.15, 0.2) is 6.07 Å². The van der Waals surface area contributed by atoms with Crippen LogP contribution in [0.1, 0.15) is 26.6 Å². The van der Waals surface area contributed by atoms with E-state index in [9.17, 15) is 4.79 Å². The Bertz CT molecular complexity index is 452. The fourth-order valence-electron chi connectivity index (χ4n) is 1.62. The zero-order valence-electron chi connectivity index (χ0n) is 12.5. The van der Waals surface area contributed by atoms with Crippen LogP contribution in [0.2, 0.25) is 0 Å². The van der Waals surface area contributed by atoms with E-state index in [0.717, 1.165) is 0 Å². The Hall–Kier alpha value is -1.89. The van der Waals surface area contributed by atoms with Gasteiger partial charge in [-0.25, -0.2) is 9.97 Å². The molecule has 7 nitrogen and oxygen atoms in total. The summed E-state index contributed by atoms with van der Waals surface area (Å²) in [5, 5.41) is 3.04. The number of nitrogens with one attached hydrogen (secondary N) is 1. The van der Waals surface area contributed by atoms with Gasteiger partial charge in [-0.2, -0.15) is 0 Å². The van der Waals surface area contributed by atoms with Gasteiger partial charge in [0.25, 0.3) is 0 Å². The summed E-state index contributed by atoms with van der Waals surface area (Å²) in [6, 6.07) is 1.22. The molecular weight excluding hydrogens is 258 g/mol. The number of nitrogens with two attached hydrogens (primary N) is 1. The number of rotatable bonds is 7. The molecule has 1 aromatic rings. The SMILES string of the molecule is CCOCc1nc(N)cc(NC(C)C(=O)N(C)CC)n1. The fourth-order valence-corrected chi connectivity index (χ4v) is 1.62.